The number of benzene rings is 1. The van der Waals surface area contributed by atoms with E-state index >= 15 is 0 Å². The number of halogens is 2. The van der Waals surface area contributed by atoms with Crippen molar-refractivity contribution in [3.8, 4) is 0 Å². The largest absolute Gasteiger partial charge is 0.465 e. The van der Waals surface area contributed by atoms with E-state index < -0.39 is 27.6 Å². The fourth-order valence-corrected chi connectivity index (χ4v) is 2.58. The van der Waals surface area contributed by atoms with Crippen molar-refractivity contribution in [1.29, 1.82) is 0 Å². The van der Waals surface area contributed by atoms with E-state index in [1.807, 2.05) is 0 Å². The first kappa shape index (κ1) is 14.9. The van der Waals surface area contributed by atoms with Crippen LogP contribution in [0.4, 0.5) is 10.1 Å². The molecule has 0 spiro atoms. The third kappa shape index (κ3) is 4.61. The minimum absolute atomic E-state index is 0.0271. The lowest BCUT2D eigenvalue weighted by molar-refractivity contribution is -0.139. The average molecular weight is 340 g/mol. The molecule has 0 fully saturated rings. The number of hydrogen-bond acceptors (Lipinski definition) is 4. The van der Waals surface area contributed by atoms with Crippen molar-refractivity contribution in [1.82, 2.24) is 0 Å². The van der Waals surface area contributed by atoms with E-state index in [2.05, 4.69) is 25.4 Å². The summed E-state index contributed by atoms with van der Waals surface area (Å²) in [6.07, 6.45) is 0. The lowest BCUT2D eigenvalue weighted by Gasteiger charge is -2.09. The lowest BCUT2D eigenvalue weighted by Crippen LogP contribution is -2.24. The molecule has 1 rings (SSSR count). The second-order valence-corrected chi connectivity index (χ2v) is 5.87. The normalized spacial score (nSPS) is 11.1. The first-order valence-corrected chi connectivity index (χ1v) is 7.39. The Morgan fingerprint density at radius 3 is 2.78 bits per heavy atom. The molecule has 0 bridgehead atoms. The first-order valence-electron chi connectivity index (χ1n) is 4.95. The summed E-state index contributed by atoms with van der Waals surface area (Å²) >= 11 is 3.07. The summed E-state index contributed by atoms with van der Waals surface area (Å²) in [5.74, 6) is -2.27. The predicted octanol–water partition coefficient (Wildman–Crippen LogP) is 1.89. The zero-order chi connectivity index (χ0) is 13.8. The molecule has 0 atom stereocenters. The Morgan fingerprint density at radius 2 is 2.17 bits per heavy atom. The monoisotopic (exact) mass is 339 g/mol. The van der Waals surface area contributed by atoms with Crippen LogP contribution >= 0.6 is 15.9 Å². The van der Waals surface area contributed by atoms with Gasteiger partial charge in [-0.25, -0.2) is 12.8 Å². The Hall–Kier alpha value is -1.15. The Labute approximate surface area is 113 Å². The maximum Gasteiger partial charge on any atom is 0.323 e. The zero-order valence-corrected chi connectivity index (χ0v) is 11.8. The topological polar surface area (TPSA) is 72.5 Å². The quantitative estimate of drug-likeness (QED) is 0.831. The van der Waals surface area contributed by atoms with Gasteiger partial charge in [0.2, 0.25) is 10.0 Å². The number of esters is 1. The summed E-state index contributed by atoms with van der Waals surface area (Å²) in [7, 11) is -3.92. The fraction of sp³-hybridized carbons (Fsp3) is 0.300. The number of sulfonamides is 1. The van der Waals surface area contributed by atoms with E-state index in [0.29, 0.717) is 4.47 Å². The Balaban J connectivity index is 2.82. The van der Waals surface area contributed by atoms with Crippen molar-refractivity contribution >= 4 is 37.6 Å². The molecule has 0 unspecified atom stereocenters. The number of carbonyl (C=O) groups is 1. The molecule has 0 saturated heterocycles. The van der Waals surface area contributed by atoms with Crippen molar-refractivity contribution in [2.75, 3.05) is 17.1 Å². The molecule has 5 nitrogen and oxygen atoms in total. The molecule has 8 heteroatoms. The van der Waals surface area contributed by atoms with Crippen molar-refractivity contribution in [3.05, 3.63) is 28.5 Å². The molecular weight excluding hydrogens is 329 g/mol. The Morgan fingerprint density at radius 1 is 1.50 bits per heavy atom. The zero-order valence-electron chi connectivity index (χ0n) is 9.44. The van der Waals surface area contributed by atoms with Crippen molar-refractivity contribution < 1.29 is 22.3 Å². The number of anilines is 1. The third-order valence-electron chi connectivity index (χ3n) is 1.81. The summed E-state index contributed by atoms with van der Waals surface area (Å²) in [6.45, 7) is 1.67. The first-order chi connectivity index (χ1) is 8.34. The molecule has 0 amide bonds. The molecule has 0 heterocycles. The van der Waals surface area contributed by atoms with Crippen LogP contribution in [-0.4, -0.2) is 26.7 Å². The fourth-order valence-electron chi connectivity index (χ4n) is 1.14. The highest BCUT2D eigenvalue weighted by atomic mass is 79.9. The third-order valence-corrected chi connectivity index (χ3v) is 3.65. The van der Waals surface area contributed by atoms with Gasteiger partial charge in [0.05, 0.1) is 12.3 Å². The summed E-state index contributed by atoms with van der Waals surface area (Å²) in [4.78, 5) is 11.1. The lowest BCUT2D eigenvalue weighted by atomic mass is 10.3. The number of carbonyl (C=O) groups excluding carboxylic acids is 1. The molecular formula is C10H11BrFNO4S. The number of rotatable bonds is 5. The van der Waals surface area contributed by atoms with Gasteiger partial charge in [0.25, 0.3) is 0 Å². The van der Waals surface area contributed by atoms with Crippen LogP contribution in [0, 0.1) is 5.82 Å². The van der Waals surface area contributed by atoms with Crippen molar-refractivity contribution in [3.63, 3.8) is 0 Å². The van der Waals surface area contributed by atoms with E-state index in [9.17, 15) is 17.6 Å². The van der Waals surface area contributed by atoms with E-state index in [4.69, 9.17) is 0 Å². The van der Waals surface area contributed by atoms with Crippen LogP contribution < -0.4 is 4.72 Å². The van der Waals surface area contributed by atoms with Crippen LogP contribution in [0.2, 0.25) is 0 Å². The average Bonchev–Trinajstić information content (AvgIpc) is 2.22. The van der Waals surface area contributed by atoms with Crippen LogP contribution in [0.15, 0.2) is 22.7 Å². The van der Waals surface area contributed by atoms with Crippen molar-refractivity contribution in [2.24, 2.45) is 0 Å². The van der Waals surface area contributed by atoms with Gasteiger partial charge < -0.3 is 4.74 Å². The van der Waals surface area contributed by atoms with Gasteiger partial charge in [0, 0.05) is 4.47 Å². The molecule has 0 aliphatic rings. The summed E-state index contributed by atoms with van der Waals surface area (Å²) in [5, 5.41) is 0. The molecule has 0 aromatic heterocycles. The highest BCUT2D eigenvalue weighted by Gasteiger charge is 2.18. The molecule has 0 aliphatic carbocycles. The van der Waals surface area contributed by atoms with Crippen LogP contribution in [0.3, 0.4) is 0 Å². The molecule has 1 aromatic rings. The van der Waals surface area contributed by atoms with Gasteiger partial charge in [0.15, 0.2) is 5.75 Å². The summed E-state index contributed by atoms with van der Waals surface area (Å²) < 4.78 is 43.1. The van der Waals surface area contributed by atoms with Gasteiger partial charge in [-0.15, -0.1) is 0 Å². The van der Waals surface area contributed by atoms with E-state index in [1.165, 1.54) is 12.1 Å². The molecule has 0 saturated carbocycles. The van der Waals surface area contributed by atoms with Crippen molar-refractivity contribution in [2.45, 2.75) is 6.92 Å². The minimum Gasteiger partial charge on any atom is -0.465 e. The van der Waals surface area contributed by atoms with Crippen LogP contribution in [0.5, 0.6) is 0 Å². The molecule has 0 radical (unpaired) electrons. The SMILES string of the molecule is CCOC(=O)CS(=O)(=O)Nc1cc(F)ccc1Br. The van der Waals surface area contributed by atoms with E-state index in [0.717, 1.165) is 6.07 Å². The summed E-state index contributed by atoms with van der Waals surface area (Å²) in [5.41, 5.74) is 0.0271. The van der Waals surface area contributed by atoms with E-state index in [1.54, 1.807) is 6.92 Å². The van der Waals surface area contributed by atoms with Crippen LogP contribution in [-0.2, 0) is 19.6 Å². The molecule has 0 aliphatic heterocycles. The molecule has 1 N–H and O–H groups in total. The van der Waals surface area contributed by atoms with Gasteiger partial charge in [-0.2, -0.15) is 0 Å². The number of ether oxygens (including phenoxy) is 1. The van der Waals surface area contributed by atoms with Gasteiger partial charge in [-0.05, 0) is 41.1 Å². The number of hydrogen-bond donors (Lipinski definition) is 1. The van der Waals surface area contributed by atoms with Crippen LogP contribution in [0.1, 0.15) is 6.92 Å². The Kier molecular flexibility index (Phi) is 5.09. The second kappa shape index (κ2) is 6.14. The second-order valence-electron chi connectivity index (χ2n) is 3.29. The van der Waals surface area contributed by atoms with Gasteiger partial charge in [-0.1, -0.05) is 0 Å². The summed E-state index contributed by atoms with van der Waals surface area (Å²) in [6, 6.07) is 3.54. The van der Waals surface area contributed by atoms with Gasteiger partial charge in [0.1, 0.15) is 5.82 Å². The highest BCUT2D eigenvalue weighted by molar-refractivity contribution is 9.10. The predicted molar refractivity (Wildman–Crippen MR) is 68.1 cm³/mol. The van der Waals surface area contributed by atoms with Crippen LogP contribution in [0.25, 0.3) is 0 Å². The minimum atomic E-state index is -3.92. The standard InChI is InChI=1S/C10H11BrFNO4S/c1-2-17-10(14)6-18(15,16)13-9-5-7(12)3-4-8(9)11/h3-5,13H,2,6H2,1H3. The molecule has 18 heavy (non-hydrogen) atoms. The maximum absolute atomic E-state index is 13.0. The smallest absolute Gasteiger partial charge is 0.323 e. The van der Waals surface area contributed by atoms with Gasteiger partial charge >= 0.3 is 5.97 Å². The molecule has 100 valence electrons. The number of nitrogens with one attached hydrogen (secondary N) is 1. The maximum atomic E-state index is 13.0. The highest BCUT2D eigenvalue weighted by Crippen LogP contribution is 2.24. The molecule has 1 aromatic carbocycles. The van der Waals surface area contributed by atoms with E-state index in [-0.39, 0.29) is 12.3 Å². The Bertz CT molecular complexity index is 547. The van der Waals surface area contributed by atoms with Gasteiger partial charge in [-0.3, -0.25) is 9.52 Å².